The molecule has 0 aliphatic rings. The van der Waals surface area contributed by atoms with Crippen molar-refractivity contribution in [2.75, 3.05) is 10.7 Å². The first-order chi connectivity index (χ1) is 10.00. The predicted octanol–water partition coefficient (Wildman–Crippen LogP) is 3.35. The predicted molar refractivity (Wildman–Crippen MR) is 90.0 cm³/mol. The van der Waals surface area contributed by atoms with Gasteiger partial charge in [0.15, 0.2) is 0 Å². The molecule has 1 aromatic carbocycles. The van der Waals surface area contributed by atoms with Crippen molar-refractivity contribution in [3.63, 3.8) is 0 Å². The van der Waals surface area contributed by atoms with E-state index in [1.807, 2.05) is 6.07 Å². The second kappa shape index (κ2) is 6.87. The Hall–Kier alpha value is -1.66. The lowest BCUT2D eigenvalue weighted by atomic mass is 9.95. The van der Waals surface area contributed by atoms with Crippen molar-refractivity contribution in [1.29, 1.82) is 0 Å². The average molecular weight is 350 g/mol. The van der Waals surface area contributed by atoms with Crippen LogP contribution in [0, 0.1) is 0 Å². The first-order valence-electron chi connectivity index (χ1n) is 6.81. The van der Waals surface area contributed by atoms with Crippen molar-refractivity contribution in [3.05, 3.63) is 46.6 Å². The molecule has 0 fully saturated rings. The van der Waals surface area contributed by atoms with Crippen LogP contribution in [-0.2, 0) is 6.42 Å². The van der Waals surface area contributed by atoms with E-state index in [2.05, 4.69) is 74.8 Å². The molecule has 0 unspecified atom stereocenters. The summed E-state index contributed by atoms with van der Waals surface area (Å²) in [5.41, 5.74) is 3.69. The maximum Gasteiger partial charge on any atom is 0.239 e. The summed E-state index contributed by atoms with van der Waals surface area (Å²) in [5, 5.41) is 3.44. The zero-order valence-corrected chi connectivity index (χ0v) is 13.8. The normalized spacial score (nSPS) is 11.2. The van der Waals surface area contributed by atoms with E-state index in [1.54, 1.807) is 6.20 Å². The fourth-order valence-electron chi connectivity index (χ4n) is 2.01. The molecule has 2 aromatic rings. The van der Waals surface area contributed by atoms with Gasteiger partial charge in [-0.1, -0.05) is 30.3 Å². The van der Waals surface area contributed by atoms with Crippen LogP contribution in [0.5, 0.6) is 0 Å². The zero-order chi connectivity index (χ0) is 15.3. The highest BCUT2D eigenvalue weighted by atomic mass is 79.9. The van der Waals surface area contributed by atoms with Gasteiger partial charge in [-0.2, -0.15) is 4.98 Å². The molecule has 0 saturated heterocycles. The number of aryl methyl sites for hydroxylation is 1. The van der Waals surface area contributed by atoms with Crippen LogP contribution in [-0.4, -0.2) is 15.5 Å². The summed E-state index contributed by atoms with van der Waals surface area (Å²) < 4.78 is 0.814. The number of aromatic nitrogens is 2. The summed E-state index contributed by atoms with van der Waals surface area (Å²) in [6.07, 6.45) is 3.67. The molecular weight excluding hydrogens is 330 g/mol. The number of halogens is 1. The molecule has 0 aliphatic heterocycles. The Bertz CT molecular complexity index is 586. The van der Waals surface area contributed by atoms with Crippen molar-refractivity contribution >= 4 is 27.7 Å². The van der Waals surface area contributed by atoms with E-state index >= 15 is 0 Å². The Balaban J connectivity index is 2.03. The summed E-state index contributed by atoms with van der Waals surface area (Å²) in [5.74, 6) is 6.47. The quantitative estimate of drug-likeness (QED) is 0.550. The fraction of sp³-hybridized carbons (Fsp3) is 0.333. The molecule has 4 N–H and O–H groups in total. The molecule has 1 aromatic heterocycles. The zero-order valence-electron chi connectivity index (χ0n) is 12.2. The van der Waals surface area contributed by atoms with E-state index in [0.717, 1.165) is 23.1 Å². The van der Waals surface area contributed by atoms with Crippen molar-refractivity contribution in [2.24, 2.45) is 5.84 Å². The maximum absolute atomic E-state index is 5.35. The standard InChI is InChI=1S/C15H20BrN5/c1-15(2,9-8-11-6-4-3-5-7-11)20-13-12(16)10-18-14(19-13)21-17/h3-7,10H,8-9,17H2,1-2H3,(H2,18,19,20,21). The van der Waals surface area contributed by atoms with Gasteiger partial charge in [0, 0.05) is 11.7 Å². The number of nitrogens with two attached hydrogens (primary N) is 1. The monoisotopic (exact) mass is 349 g/mol. The number of hydrogen-bond acceptors (Lipinski definition) is 5. The first-order valence-corrected chi connectivity index (χ1v) is 7.61. The fourth-order valence-corrected chi connectivity index (χ4v) is 2.30. The van der Waals surface area contributed by atoms with E-state index in [0.29, 0.717) is 5.95 Å². The van der Waals surface area contributed by atoms with Crippen LogP contribution in [0.25, 0.3) is 0 Å². The molecule has 0 saturated carbocycles. The Labute approximate surface area is 133 Å². The van der Waals surface area contributed by atoms with Gasteiger partial charge in [-0.05, 0) is 48.2 Å². The van der Waals surface area contributed by atoms with Crippen LogP contribution in [0.1, 0.15) is 25.8 Å². The van der Waals surface area contributed by atoms with Crippen molar-refractivity contribution in [3.8, 4) is 0 Å². The van der Waals surface area contributed by atoms with Gasteiger partial charge in [0.25, 0.3) is 0 Å². The molecule has 1 heterocycles. The first kappa shape index (κ1) is 15.7. The summed E-state index contributed by atoms with van der Waals surface area (Å²) in [6.45, 7) is 4.31. The third-order valence-electron chi connectivity index (χ3n) is 3.21. The van der Waals surface area contributed by atoms with Gasteiger partial charge in [-0.3, -0.25) is 5.43 Å². The average Bonchev–Trinajstić information content (AvgIpc) is 2.48. The third kappa shape index (κ3) is 4.68. The lowest BCUT2D eigenvalue weighted by Crippen LogP contribution is -2.32. The number of hydrazine groups is 1. The van der Waals surface area contributed by atoms with E-state index in [1.165, 1.54) is 5.56 Å². The summed E-state index contributed by atoms with van der Waals surface area (Å²) >= 11 is 3.45. The molecule has 6 heteroatoms. The summed E-state index contributed by atoms with van der Waals surface area (Å²) in [7, 11) is 0. The highest BCUT2D eigenvalue weighted by Gasteiger charge is 2.19. The van der Waals surface area contributed by atoms with Gasteiger partial charge in [0.2, 0.25) is 5.95 Å². The van der Waals surface area contributed by atoms with Crippen LogP contribution in [0.4, 0.5) is 11.8 Å². The van der Waals surface area contributed by atoms with Crippen LogP contribution >= 0.6 is 15.9 Å². The molecule has 21 heavy (non-hydrogen) atoms. The van der Waals surface area contributed by atoms with Crippen LogP contribution in [0.15, 0.2) is 41.0 Å². The molecule has 2 rings (SSSR count). The number of rotatable bonds is 6. The number of hydrogen-bond donors (Lipinski definition) is 3. The van der Waals surface area contributed by atoms with Gasteiger partial charge in [0.05, 0.1) is 4.47 Å². The second-order valence-corrected chi connectivity index (χ2v) is 6.38. The molecule has 5 nitrogen and oxygen atoms in total. The van der Waals surface area contributed by atoms with Crippen molar-refractivity contribution in [2.45, 2.75) is 32.2 Å². The lowest BCUT2D eigenvalue weighted by molar-refractivity contribution is 0.516. The van der Waals surface area contributed by atoms with Crippen LogP contribution in [0.3, 0.4) is 0 Å². The van der Waals surface area contributed by atoms with Gasteiger partial charge in [-0.25, -0.2) is 10.8 Å². The smallest absolute Gasteiger partial charge is 0.239 e. The Morgan fingerprint density at radius 1 is 1.24 bits per heavy atom. The lowest BCUT2D eigenvalue weighted by Gasteiger charge is -2.27. The van der Waals surface area contributed by atoms with Gasteiger partial charge < -0.3 is 5.32 Å². The minimum Gasteiger partial charge on any atom is -0.364 e. The molecule has 0 atom stereocenters. The molecule has 0 amide bonds. The molecule has 0 spiro atoms. The minimum absolute atomic E-state index is 0.0986. The van der Waals surface area contributed by atoms with Crippen molar-refractivity contribution < 1.29 is 0 Å². The molecule has 0 aliphatic carbocycles. The Kier molecular flexibility index (Phi) is 5.14. The Morgan fingerprint density at radius 2 is 1.95 bits per heavy atom. The van der Waals surface area contributed by atoms with Gasteiger partial charge in [-0.15, -0.1) is 0 Å². The van der Waals surface area contributed by atoms with Crippen LogP contribution < -0.4 is 16.6 Å². The third-order valence-corrected chi connectivity index (χ3v) is 3.79. The van der Waals surface area contributed by atoms with E-state index in [9.17, 15) is 0 Å². The SMILES string of the molecule is CC(C)(CCc1ccccc1)Nc1nc(NN)ncc1Br. The Morgan fingerprint density at radius 3 is 2.62 bits per heavy atom. The summed E-state index contributed by atoms with van der Waals surface area (Å²) in [6, 6.07) is 10.5. The molecule has 112 valence electrons. The highest BCUT2D eigenvalue weighted by molar-refractivity contribution is 9.10. The number of nitrogen functional groups attached to an aromatic ring is 1. The number of benzene rings is 1. The van der Waals surface area contributed by atoms with Gasteiger partial charge in [0.1, 0.15) is 5.82 Å². The molecule has 0 radical (unpaired) electrons. The van der Waals surface area contributed by atoms with E-state index < -0.39 is 0 Å². The number of anilines is 2. The van der Waals surface area contributed by atoms with Gasteiger partial charge >= 0.3 is 0 Å². The van der Waals surface area contributed by atoms with Crippen LogP contribution in [0.2, 0.25) is 0 Å². The second-order valence-electron chi connectivity index (χ2n) is 5.53. The largest absolute Gasteiger partial charge is 0.364 e. The molecular formula is C15H20BrN5. The number of nitrogens with one attached hydrogen (secondary N) is 2. The highest BCUT2D eigenvalue weighted by Crippen LogP contribution is 2.25. The van der Waals surface area contributed by atoms with E-state index in [4.69, 9.17) is 5.84 Å². The minimum atomic E-state index is -0.0986. The molecule has 0 bridgehead atoms. The van der Waals surface area contributed by atoms with E-state index in [-0.39, 0.29) is 5.54 Å². The number of nitrogens with zero attached hydrogens (tertiary/aromatic N) is 2. The topological polar surface area (TPSA) is 75.9 Å². The van der Waals surface area contributed by atoms with Crippen molar-refractivity contribution in [1.82, 2.24) is 9.97 Å². The maximum atomic E-state index is 5.35. The summed E-state index contributed by atoms with van der Waals surface area (Å²) in [4.78, 5) is 8.37.